The molecule has 0 atom stereocenters. The van der Waals surface area contributed by atoms with Gasteiger partial charge in [-0.2, -0.15) is 0 Å². The monoisotopic (exact) mass is 585 g/mol. The van der Waals surface area contributed by atoms with Crippen LogP contribution >= 0.6 is 11.6 Å². The van der Waals surface area contributed by atoms with E-state index in [1.165, 1.54) is 48.1 Å². The van der Waals surface area contributed by atoms with E-state index >= 15 is 0 Å². The van der Waals surface area contributed by atoms with E-state index in [2.05, 4.69) is 10.6 Å². The van der Waals surface area contributed by atoms with Gasteiger partial charge in [0, 0.05) is 42.5 Å². The van der Waals surface area contributed by atoms with Crippen LogP contribution in [0, 0.1) is 5.82 Å². The molecule has 0 bridgehead atoms. The third-order valence-electron chi connectivity index (χ3n) is 5.52. The summed E-state index contributed by atoms with van der Waals surface area (Å²) < 4.78 is 25.5. The molecule has 1 aromatic heterocycles. The van der Waals surface area contributed by atoms with Crippen molar-refractivity contribution in [2.45, 2.75) is 59.3 Å². The number of carbonyl (C=O) groups excluding carboxylic acids is 3. The Hall–Kier alpha value is -4.18. The Morgan fingerprint density at radius 3 is 2.07 bits per heavy atom. The lowest BCUT2D eigenvalue weighted by atomic mass is 9.91. The van der Waals surface area contributed by atoms with Gasteiger partial charge in [-0.15, -0.1) is 0 Å². The van der Waals surface area contributed by atoms with Gasteiger partial charge in [0.2, 0.25) is 0 Å². The summed E-state index contributed by atoms with van der Waals surface area (Å²) in [5, 5.41) is 5.28. The van der Waals surface area contributed by atoms with Crippen LogP contribution < -0.4 is 16.2 Å². The molecule has 2 N–H and O–H groups in total. The minimum Gasteiger partial charge on any atom is -0.444 e. The molecule has 0 fully saturated rings. The van der Waals surface area contributed by atoms with Crippen LogP contribution in [0.3, 0.4) is 0 Å². The van der Waals surface area contributed by atoms with Crippen LogP contribution in [0.15, 0.2) is 53.5 Å². The summed E-state index contributed by atoms with van der Waals surface area (Å²) in [5.41, 5.74) is -0.359. The Labute approximate surface area is 242 Å². The first-order valence-electron chi connectivity index (χ1n) is 12.7. The molecule has 3 aromatic rings. The van der Waals surface area contributed by atoms with Crippen LogP contribution in [0.2, 0.25) is 5.02 Å². The lowest BCUT2D eigenvalue weighted by Gasteiger charge is -2.22. The van der Waals surface area contributed by atoms with Gasteiger partial charge in [-0.05, 0) is 89.1 Å². The van der Waals surface area contributed by atoms with Crippen LogP contribution in [-0.2, 0) is 23.1 Å². The van der Waals surface area contributed by atoms with Crippen molar-refractivity contribution in [2.75, 3.05) is 5.32 Å². The zero-order valence-electron chi connectivity index (χ0n) is 24.0. The van der Waals surface area contributed by atoms with Gasteiger partial charge < -0.3 is 19.4 Å². The molecule has 41 heavy (non-hydrogen) atoms. The molecule has 0 radical (unpaired) electrons. The van der Waals surface area contributed by atoms with Crippen LogP contribution in [0.1, 0.15) is 63.0 Å². The number of nitrogens with one attached hydrogen (secondary N) is 2. The van der Waals surface area contributed by atoms with E-state index in [4.69, 9.17) is 21.1 Å². The lowest BCUT2D eigenvalue weighted by molar-refractivity contribution is 0.0522. The first-order valence-corrected chi connectivity index (χ1v) is 13.1. The van der Waals surface area contributed by atoms with E-state index in [0.717, 1.165) is 12.1 Å². The molecule has 0 unspecified atom stereocenters. The van der Waals surface area contributed by atoms with Crippen molar-refractivity contribution in [1.82, 2.24) is 9.88 Å². The van der Waals surface area contributed by atoms with Gasteiger partial charge in [-0.1, -0.05) is 11.6 Å². The summed E-state index contributed by atoms with van der Waals surface area (Å²) in [6.45, 7) is 10.2. The van der Waals surface area contributed by atoms with Crippen LogP contribution in [0.25, 0.3) is 11.1 Å². The number of halogens is 2. The maximum absolute atomic E-state index is 13.7. The number of benzene rings is 2. The zero-order valence-corrected chi connectivity index (χ0v) is 24.7. The number of aryl methyl sites for hydroxylation is 1. The zero-order chi connectivity index (χ0) is 30.7. The number of anilines is 1. The summed E-state index contributed by atoms with van der Waals surface area (Å²) in [6.07, 6.45) is 0.0430. The molecule has 0 aliphatic heterocycles. The predicted molar refractivity (Wildman–Crippen MR) is 155 cm³/mol. The molecule has 0 aliphatic carbocycles. The van der Waals surface area contributed by atoms with Crippen LogP contribution in [0.5, 0.6) is 0 Å². The van der Waals surface area contributed by atoms with Gasteiger partial charge in [0.05, 0.1) is 10.7 Å². The highest BCUT2D eigenvalue weighted by Crippen LogP contribution is 2.36. The van der Waals surface area contributed by atoms with E-state index in [-0.39, 0.29) is 33.9 Å². The molecule has 0 saturated carbocycles. The van der Waals surface area contributed by atoms with E-state index in [1.807, 2.05) is 0 Å². The first kappa shape index (κ1) is 31.3. The van der Waals surface area contributed by atoms with Crippen molar-refractivity contribution in [1.29, 1.82) is 0 Å². The lowest BCUT2D eigenvalue weighted by Crippen LogP contribution is -2.32. The third-order valence-corrected chi connectivity index (χ3v) is 5.83. The standard InChI is InChI=1S/C30H33ClFN3O6/c1-29(2,3)40-27(38)33-15-18-12-25(36)35(7)16-22(18)20-14-24(34-28(39)41-30(4,5)6)23(31)13-21(20)26(37)17-8-10-19(32)11-9-17/h8-14,16H,15H2,1-7H3,(H,33,38)(H,34,39). The smallest absolute Gasteiger partial charge is 0.412 e. The molecule has 218 valence electrons. The number of amides is 2. The van der Waals surface area contributed by atoms with Gasteiger partial charge in [-0.3, -0.25) is 14.9 Å². The molecule has 0 spiro atoms. The Balaban J connectivity index is 2.18. The average molecular weight is 586 g/mol. The molecule has 3 rings (SSSR count). The second-order valence-corrected chi connectivity index (χ2v) is 11.8. The van der Waals surface area contributed by atoms with E-state index < -0.39 is 35.0 Å². The largest absolute Gasteiger partial charge is 0.444 e. The van der Waals surface area contributed by atoms with Gasteiger partial charge in [-0.25, -0.2) is 14.0 Å². The quantitative estimate of drug-likeness (QED) is 0.321. The number of ether oxygens (including phenoxy) is 2. The van der Waals surface area contributed by atoms with Crippen LogP contribution in [-0.4, -0.2) is 33.7 Å². The minimum absolute atomic E-state index is 0.0447. The van der Waals surface area contributed by atoms with Gasteiger partial charge in [0.25, 0.3) is 5.56 Å². The Bertz CT molecular complexity index is 1540. The molecule has 9 nitrogen and oxygen atoms in total. The summed E-state index contributed by atoms with van der Waals surface area (Å²) in [4.78, 5) is 51.2. The molecular weight excluding hydrogens is 553 g/mol. The van der Waals surface area contributed by atoms with Crippen molar-refractivity contribution in [3.63, 3.8) is 0 Å². The van der Waals surface area contributed by atoms with Gasteiger partial charge in [0.1, 0.15) is 17.0 Å². The summed E-state index contributed by atoms with van der Waals surface area (Å²) in [5.74, 6) is -0.990. The molecule has 0 aliphatic rings. The summed E-state index contributed by atoms with van der Waals surface area (Å²) in [6, 6.07) is 9.20. The number of hydrogen-bond donors (Lipinski definition) is 2. The number of ketones is 1. The minimum atomic E-state index is -0.782. The predicted octanol–water partition coefficient (Wildman–Crippen LogP) is 6.45. The fourth-order valence-corrected chi connectivity index (χ4v) is 4.00. The number of rotatable bonds is 6. The normalized spacial score (nSPS) is 11.5. The third kappa shape index (κ3) is 8.65. The average Bonchev–Trinajstić information content (AvgIpc) is 2.83. The number of hydrogen-bond acceptors (Lipinski definition) is 6. The highest BCUT2D eigenvalue weighted by atomic mass is 35.5. The number of carbonyl (C=O) groups is 3. The fourth-order valence-electron chi connectivity index (χ4n) is 3.79. The van der Waals surface area contributed by atoms with E-state index in [1.54, 1.807) is 41.5 Å². The SMILES string of the molecule is Cn1cc(-c2cc(NC(=O)OC(C)(C)C)c(Cl)cc2C(=O)c2ccc(F)cc2)c(CNC(=O)OC(C)(C)C)cc1=O. The summed E-state index contributed by atoms with van der Waals surface area (Å²) >= 11 is 6.51. The van der Waals surface area contributed by atoms with E-state index in [9.17, 15) is 23.6 Å². The maximum Gasteiger partial charge on any atom is 0.412 e. The molecule has 1 heterocycles. The van der Waals surface area contributed by atoms with Crippen molar-refractivity contribution in [3.05, 3.63) is 86.5 Å². The van der Waals surface area contributed by atoms with Gasteiger partial charge >= 0.3 is 12.2 Å². The molecule has 2 aromatic carbocycles. The van der Waals surface area contributed by atoms with Gasteiger partial charge in [0.15, 0.2) is 5.78 Å². The Morgan fingerprint density at radius 1 is 0.902 bits per heavy atom. The van der Waals surface area contributed by atoms with Crippen molar-refractivity contribution in [3.8, 4) is 11.1 Å². The number of aromatic nitrogens is 1. The van der Waals surface area contributed by atoms with Crippen LogP contribution in [0.4, 0.5) is 19.7 Å². The molecule has 2 amide bonds. The van der Waals surface area contributed by atoms with E-state index in [0.29, 0.717) is 16.7 Å². The Kier molecular flexibility index (Phi) is 9.28. The first-order chi connectivity index (χ1) is 18.9. The molecule has 11 heteroatoms. The topological polar surface area (TPSA) is 116 Å². The number of alkyl carbamates (subject to hydrolysis) is 1. The fraction of sp³-hybridized carbons (Fsp3) is 0.333. The highest BCUT2D eigenvalue weighted by Gasteiger charge is 2.24. The maximum atomic E-state index is 13.7. The molecule has 0 saturated heterocycles. The van der Waals surface area contributed by atoms with Crippen molar-refractivity contribution in [2.24, 2.45) is 7.05 Å². The Morgan fingerprint density at radius 2 is 1.49 bits per heavy atom. The molecular formula is C30H33ClFN3O6. The second-order valence-electron chi connectivity index (χ2n) is 11.4. The second kappa shape index (κ2) is 12.1. The highest BCUT2D eigenvalue weighted by molar-refractivity contribution is 6.34. The number of pyridine rings is 1. The summed E-state index contributed by atoms with van der Waals surface area (Å²) in [7, 11) is 1.54. The van der Waals surface area contributed by atoms with Crippen molar-refractivity contribution < 1.29 is 28.2 Å². The van der Waals surface area contributed by atoms with Crippen molar-refractivity contribution >= 4 is 35.3 Å². The number of nitrogens with zero attached hydrogens (tertiary/aromatic N) is 1.